The molecular weight excluding hydrogens is 326 g/mol. The second-order valence-electron chi connectivity index (χ2n) is 3.91. The number of hydrogen-bond donors (Lipinski definition) is 2. The Morgan fingerprint density at radius 3 is 2.38 bits per heavy atom. The molecule has 118 valence electrons. The summed E-state index contributed by atoms with van der Waals surface area (Å²) < 4.78 is 36.7. The molecule has 0 spiro atoms. The van der Waals surface area contributed by atoms with Gasteiger partial charge in [0.15, 0.2) is 16.4 Å². The van der Waals surface area contributed by atoms with Crippen LogP contribution in [0.1, 0.15) is 0 Å². The highest BCUT2D eigenvalue weighted by atomic mass is 35.5. The van der Waals surface area contributed by atoms with Crippen LogP contribution in [-0.2, 0) is 10.0 Å². The maximum absolute atomic E-state index is 12.0. The third kappa shape index (κ3) is 3.73. The number of ether oxygens (including phenoxy) is 2. The van der Waals surface area contributed by atoms with Crippen LogP contribution in [0.25, 0.3) is 0 Å². The van der Waals surface area contributed by atoms with Crippen molar-refractivity contribution < 1.29 is 22.8 Å². The number of hydrogen-bond acceptors (Lipinski definition) is 7. The number of nitro benzene ring substituents is 1. The number of nitrogens with two attached hydrogens (primary N) is 1. The molecule has 1 aromatic rings. The monoisotopic (exact) mass is 339 g/mol. The van der Waals surface area contributed by atoms with Crippen molar-refractivity contribution in [3.05, 3.63) is 22.2 Å². The summed E-state index contributed by atoms with van der Waals surface area (Å²) >= 11 is 0. The van der Waals surface area contributed by atoms with Crippen molar-refractivity contribution in [3.63, 3.8) is 0 Å². The summed E-state index contributed by atoms with van der Waals surface area (Å²) in [5.74, 6) is 0.315. The van der Waals surface area contributed by atoms with Crippen LogP contribution in [-0.4, -0.2) is 39.6 Å². The van der Waals surface area contributed by atoms with E-state index in [0.717, 1.165) is 12.1 Å². The van der Waals surface area contributed by atoms with Crippen molar-refractivity contribution in [3.8, 4) is 11.5 Å². The van der Waals surface area contributed by atoms with E-state index in [1.165, 1.54) is 0 Å². The molecule has 0 saturated heterocycles. The topological polar surface area (TPSA) is 134 Å². The summed E-state index contributed by atoms with van der Waals surface area (Å²) in [6.45, 7) is 0.563. The standard InChI is InChI=1S/C10H13N3O6S.ClH/c11-1-2-12-20(16,17)10-6-9-8(18-3-4-19-9)5-7(10)13(14)15;/h5-6,12H,1-4,11H2;1H. The van der Waals surface area contributed by atoms with Gasteiger partial charge in [-0.3, -0.25) is 10.1 Å². The van der Waals surface area contributed by atoms with Gasteiger partial charge >= 0.3 is 0 Å². The molecule has 11 heteroatoms. The molecule has 0 fully saturated rings. The SMILES string of the molecule is Cl.NCCNS(=O)(=O)c1cc2c(cc1[N+](=O)[O-])OCCO2. The lowest BCUT2D eigenvalue weighted by atomic mass is 10.2. The quantitative estimate of drug-likeness (QED) is 0.570. The van der Waals surface area contributed by atoms with Gasteiger partial charge in [0.2, 0.25) is 10.0 Å². The van der Waals surface area contributed by atoms with Crippen molar-refractivity contribution in [2.24, 2.45) is 5.73 Å². The maximum Gasteiger partial charge on any atom is 0.293 e. The molecule has 0 saturated carbocycles. The van der Waals surface area contributed by atoms with Gasteiger partial charge in [0.1, 0.15) is 13.2 Å². The van der Waals surface area contributed by atoms with E-state index < -0.39 is 25.5 Å². The predicted molar refractivity (Wildman–Crippen MR) is 75.6 cm³/mol. The van der Waals surface area contributed by atoms with Crippen LogP contribution in [0.3, 0.4) is 0 Å². The third-order valence-electron chi connectivity index (χ3n) is 2.55. The Morgan fingerprint density at radius 2 is 1.86 bits per heavy atom. The van der Waals surface area contributed by atoms with Gasteiger partial charge in [0.05, 0.1) is 11.0 Å². The molecule has 0 aromatic heterocycles. The first-order chi connectivity index (χ1) is 9.45. The normalized spacial score (nSPS) is 13.4. The van der Waals surface area contributed by atoms with Gasteiger partial charge in [-0.25, -0.2) is 13.1 Å². The molecule has 0 unspecified atom stereocenters. The molecule has 21 heavy (non-hydrogen) atoms. The summed E-state index contributed by atoms with van der Waals surface area (Å²) in [5.41, 5.74) is 4.65. The molecule has 1 aliphatic heterocycles. The minimum absolute atomic E-state index is 0. The minimum atomic E-state index is -4.04. The Morgan fingerprint density at radius 1 is 1.29 bits per heavy atom. The molecule has 0 aliphatic carbocycles. The molecule has 9 nitrogen and oxygen atoms in total. The highest BCUT2D eigenvalue weighted by molar-refractivity contribution is 7.89. The van der Waals surface area contributed by atoms with Crippen LogP contribution >= 0.6 is 12.4 Å². The van der Waals surface area contributed by atoms with E-state index in [2.05, 4.69) is 4.72 Å². The van der Waals surface area contributed by atoms with Crippen LogP contribution < -0.4 is 19.9 Å². The van der Waals surface area contributed by atoms with Gasteiger partial charge in [-0.2, -0.15) is 0 Å². The molecule has 0 radical (unpaired) electrons. The van der Waals surface area contributed by atoms with E-state index in [9.17, 15) is 18.5 Å². The zero-order valence-corrected chi connectivity index (χ0v) is 12.4. The molecular formula is C10H14ClN3O6S. The van der Waals surface area contributed by atoms with Gasteiger partial charge in [-0.15, -0.1) is 12.4 Å². The van der Waals surface area contributed by atoms with Crippen LogP contribution in [0.15, 0.2) is 17.0 Å². The van der Waals surface area contributed by atoms with Crippen LogP contribution in [0.4, 0.5) is 5.69 Å². The average molecular weight is 340 g/mol. The number of nitrogens with one attached hydrogen (secondary N) is 1. The Balaban J connectivity index is 0.00000220. The van der Waals surface area contributed by atoms with Crippen LogP contribution in [0.5, 0.6) is 11.5 Å². The highest BCUT2D eigenvalue weighted by Crippen LogP contribution is 2.38. The van der Waals surface area contributed by atoms with Gasteiger partial charge < -0.3 is 15.2 Å². The molecule has 1 heterocycles. The largest absolute Gasteiger partial charge is 0.486 e. The Labute approximate surface area is 127 Å². The summed E-state index contributed by atoms with van der Waals surface area (Å²) in [6.07, 6.45) is 0. The van der Waals surface area contributed by atoms with E-state index in [-0.39, 0.29) is 50.2 Å². The van der Waals surface area contributed by atoms with Crippen molar-refractivity contribution in [1.29, 1.82) is 0 Å². The second kappa shape index (κ2) is 6.89. The van der Waals surface area contributed by atoms with Gasteiger partial charge in [-0.05, 0) is 0 Å². The zero-order chi connectivity index (χ0) is 14.8. The number of fused-ring (bicyclic) bond motifs is 1. The number of sulfonamides is 1. The predicted octanol–water partition coefficient (Wildman–Crippen LogP) is 0.0248. The van der Waals surface area contributed by atoms with E-state index in [1.54, 1.807) is 0 Å². The Bertz CT molecular complexity index is 636. The number of nitrogens with zero attached hydrogens (tertiary/aromatic N) is 1. The third-order valence-corrected chi connectivity index (χ3v) is 4.04. The molecule has 1 aliphatic rings. The van der Waals surface area contributed by atoms with Gasteiger partial charge in [0.25, 0.3) is 5.69 Å². The van der Waals surface area contributed by atoms with Gasteiger partial charge in [0, 0.05) is 19.2 Å². The Kier molecular flexibility index (Phi) is 5.72. The first-order valence-electron chi connectivity index (χ1n) is 5.73. The fourth-order valence-corrected chi connectivity index (χ4v) is 2.90. The van der Waals surface area contributed by atoms with Crippen molar-refractivity contribution in [2.45, 2.75) is 4.90 Å². The van der Waals surface area contributed by atoms with Gasteiger partial charge in [-0.1, -0.05) is 0 Å². The molecule has 1 aromatic carbocycles. The Hall–Kier alpha value is -1.62. The summed E-state index contributed by atoms with van der Waals surface area (Å²) in [6, 6.07) is 2.14. The number of rotatable bonds is 5. The van der Waals surface area contributed by atoms with Crippen molar-refractivity contribution in [2.75, 3.05) is 26.3 Å². The lowest BCUT2D eigenvalue weighted by Crippen LogP contribution is -2.30. The summed E-state index contributed by atoms with van der Waals surface area (Å²) in [5, 5.41) is 11.0. The average Bonchev–Trinajstić information content (AvgIpc) is 2.43. The lowest BCUT2D eigenvalue weighted by Gasteiger charge is -2.19. The fourth-order valence-electron chi connectivity index (χ4n) is 1.69. The van der Waals surface area contributed by atoms with E-state index >= 15 is 0 Å². The number of halogens is 1. The first-order valence-corrected chi connectivity index (χ1v) is 7.22. The fraction of sp³-hybridized carbons (Fsp3) is 0.400. The van der Waals surface area contributed by atoms with Crippen molar-refractivity contribution >= 4 is 28.1 Å². The molecule has 3 N–H and O–H groups in total. The number of benzene rings is 1. The second-order valence-corrected chi connectivity index (χ2v) is 5.64. The summed E-state index contributed by atoms with van der Waals surface area (Å²) in [4.78, 5) is 9.77. The number of nitro groups is 1. The summed E-state index contributed by atoms with van der Waals surface area (Å²) in [7, 11) is -4.04. The first kappa shape index (κ1) is 17.4. The molecule has 2 rings (SSSR count). The van der Waals surface area contributed by atoms with Crippen LogP contribution in [0, 0.1) is 10.1 Å². The van der Waals surface area contributed by atoms with E-state index in [0.29, 0.717) is 0 Å². The molecule has 0 atom stereocenters. The highest BCUT2D eigenvalue weighted by Gasteiger charge is 2.29. The smallest absolute Gasteiger partial charge is 0.293 e. The van der Waals surface area contributed by atoms with Crippen LogP contribution in [0.2, 0.25) is 0 Å². The van der Waals surface area contributed by atoms with Crippen molar-refractivity contribution in [1.82, 2.24) is 4.72 Å². The minimum Gasteiger partial charge on any atom is -0.486 e. The molecule has 0 bridgehead atoms. The van der Waals surface area contributed by atoms with E-state index in [4.69, 9.17) is 15.2 Å². The molecule has 0 amide bonds. The maximum atomic E-state index is 12.0. The lowest BCUT2D eigenvalue weighted by molar-refractivity contribution is -0.388. The van der Waals surface area contributed by atoms with E-state index in [1.807, 2.05) is 0 Å². The zero-order valence-electron chi connectivity index (χ0n) is 10.8.